The molecule has 0 amide bonds. The van der Waals surface area contributed by atoms with E-state index in [0.29, 0.717) is 0 Å². The summed E-state index contributed by atoms with van der Waals surface area (Å²) >= 11 is 0. The molecule has 0 bridgehead atoms. The molecule has 3 heteroatoms. The summed E-state index contributed by atoms with van der Waals surface area (Å²) in [6, 6.07) is 10.2. The van der Waals surface area contributed by atoms with E-state index in [-0.39, 0.29) is 0 Å². The van der Waals surface area contributed by atoms with Crippen LogP contribution in [0.15, 0.2) is 30.3 Å². The van der Waals surface area contributed by atoms with Gasteiger partial charge in [0.15, 0.2) is 0 Å². The maximum atomic E-state index is 6.12. The van der Waals surface area contributed by atoms with Crippen molar-refractivity contribution < 1.29 is 0 Å². The molecule has 2 N–H and O–H groups in total. The van der Waals surface area contributed by atoms with Crippen molar-refractivity contribution in [2.75, 3.05) is 5.73 Å². The lowest BCUT2D eigenvalue weighted by atomic mass is 10.1. The maximum absolute atomic E-state index is 6.12. The highest BCUT2D eigenvalue weighted by Gasteiger charge is 2.12. The lowest BCUT2D eigenvalue weighted by molar-refractivity contribution is 0.606. The van der Waals surface area contributed by atoms with Gasteiger partial charge in [0.1, 0.15) is 5.82 Å². The SMILES string of the molecule is CCCn1nc(C)c(-c2ccccc2)c1N. The summed E-state index contributed by atoms with van der Waals surface area (Å²) in [5.41, 5.74) is 9.32. The van der Waals surface area contributed by atoms with Crippen molar-refractivity contribution in [2.45, 2.75) is 26.8 Å². The largest absolute Gasteiger partial charge is 0.383 e. The Hall–Kier alpha value is -1.77. The Morgan fingerprint density at radius 3 is 2.56 bits per heavy atom. The van der Waals surface area contributed by atoms with Crippen LogP contribution in [-0.4, -0.2) is 9.78 Å². The van der Waals surface area contributed by atoms with Gasteiger partial charge >= 0.3 is 0 Å². The van der Waals surface area contributed by atoms with Gasteiger partial charge in [-0.15, -0.1) is 0 Å². The van der Waals surface area contributed by atoms with Crippen molar-refractivity contribution in [1.29, 1.82) is 0 Å². The Kier molecular flexibility index (Phi) is 2.95. The molecule has 0 atom stereocenters. The highest BCUT2D eigenvalue weighted by Crippen LogP contribution is 2.28. The molecule has 2 rings (SSSR count). The van der Waals surface area contributed by atoms with Gasteiger partial charge in [-0.1, -0.05) is 37.3 Å². The zero-order valence-corrected chi connectivity index (χ0v) is 9.77. The summed E-state index contributed by atoms with van der Waals surface area (Å²) < 4.78 is 1.89. The molecule has 0 saturated heterocycles. The average Bonchev–Trinajstić information content (AvgIpc) is 2.56. The molecule has 1 heterocycles. The van der Waals surface area contributed by atoms with E-state index in [4.69, 9.17) is 5.73 Å². The molecule has 1 aromatic heterocycles. The van der Waals surface area contributed by atoms with Gasteiger partial charge in [-0.2, -0.15) is 5.10 Å². The van der Waals surface area contributed by atoms with Crippen LogP contribution in [0.1, 0.15) is 19.0 Å². The summed E-state index contributed by atoms with van der Waals surface area (Å²) in [7, 11) is 0. The summed E-state index contributed by atoms with van der Waals surface area (Å²) in [5, 5.41) is 4.47. The molecule has 1 aromatic carbocycles. The maximum Gasteiger partial charge on any atom is 0.129 e. The lowest BCUT2D eigenvalue weighted by Crippen LogP contribution is -2.04. The Bertz CT molecular complexity index is 471. The average molecular weight is 215 g/mol. The summed E-state index contributed by atoms with van der Waals surface area (Å²) in [5.74, 6) is 0.769. The molecule has 0 aliphatic rings. The highest BCUT2D eigenvalue weighted by atomic mass is 15.3. The van der Waals surface area contributed by atoms with Crippen LogP contribution in [0.2, 0.25) is 0 Å². The van der Waals surface area contributed by atoms with Gasteiger partial charge in [0.05, 0.1) is 5.69 Å². The smallest absolute Gasteiger partial charge is 0.129 e. The van der Waals surface area contributed by atoms with E-state index in [9.17, 15) is 0 Å². The Morgan fingerprint density at radius 2 is 1.94 bits per heavy atom. The van der Waals surface area contributed by atoms with Crippen LogP contribution in [0.5, 0.6) is 0 Å². The fourth-order valence-corrected chi connectivity index (χ4v) is 1.94. The third-order valence-electron chi connectivity index (χ3n) is 2.66. The van der Waals surface area contributed by atoms with Gasteiger partial charge in [0.25, 0.3) is 0 Å². The number of rotatable bonds is 3. The lowest BCUT2D eigenvalue weighted by Gasteiger charge is -2.03. The molecule has 0 spiro atoms. The predicted molar refractivity (Wildman–Crippen MR) is 67.1 cm³/mol. The first-order chi connectivity index (χ1) is 7.74. The molecule has 16 heavy (non-hydrogen) atoms. The molecular weight excluding hydrogens is 198 g/mol. The van der Waals surface area contributed by atoms with E-state index < -0.39 is 0 Å². The van der Waals surface area contributed by atoms with Gasteiger partial charge in [-0.3, -0.25) is 0 Å². The van der Waals surface area contributed by atoms with Crippen molar-refractivity contribution in [1.82, 2.24) is 9.78 Å². The van der Waals surface area contributed by atoms with E-state index in [1.165, 1.54) is 0 Å². The molecule has 0 aliphatic heterocycles. The Labute approximate surface area is 95.9 Å². The van der Waals surface area contributed by atoms with Crippen molar-refractivity contribution in [3.63, 3.8) is 0 Å². The Balaban J connectivity index is 2.49. The number of nitrogen functional groups attached to an aromatic ring is 1. The fraction of sp³-hybridized carbons (Fsp3) is 0.308. The number of aryl methyl sites for hydroxylation is 2. The van der Waals surface area contributed by atoms with Crippen molar-refractivity contribution >= 4 is 5.82 Å². The number of nitrogens with two attached hydrogens (primary N) is 1. The first-order valence-electron chi connectivity index (χ1n) is 5.62. The van der Waals surface area contributed by atoms with Crippen LogP contribution >= 0.6 is 0 Å². The van der Waals surface area contributed by atoms with Gasteiger partial charge in [0.2, 0.25) is 0 Å². The molecule has 0 saturated carbocycles. The normalized spacial score (nSPS) is 10.6. The number of hydrogen-bond donors (Lipinski definition) is 1. The first kappa shape index (κ1) is 10.7. The Morgan fingerprint density at radius 1 is 1.25 bits per heavy atom. The molecule has 0 radical (unpaired) electrons. The van der Waals surface area contributed by atoms with E-state index in [1.807, 2.05) is 29.8 Å². The zero-order chi connectivity index (χ0) is 11.5. The summed E-state index contributed by atoms with van der Waals surface area (Å²) in [4.78, 5) is 0. The third kappa shape index (κ3) is 1.81. The number of benzene rings is 1. The van der Waals surface area contributed by atoms with Crippen LogP contribution in [0.3, 0.4) is 0 Å². The monoisotopic (exact) mass is 215 g/mol. The molecule has 2 aromatic rings. The van der Waals surface area contributed by atoms with Gasteiger partial charge in [-0.25, -0.2) is 4.68 Å². The molecule has 0 fully saturated rings. The number of aromatic nitrogens is 2. The van der Waals surface area contributed by atoms with Crippen LogP contribution < -0.4 is 5.73 Å². The minimum Gasteiger partial charge on any atom is -0.383 e. The van der Waals surface area contributed by atoms with Crippen LogP contribution in [0.4, 0.5) is 5.82 Å². The van der Waals surface area contributed by atoms with Gasteiger partial charge in [0, 0.05) is 12.1 Å². The quantitative estimate of drug-likeness (QED) is 0.855. The third-order valence-corrected chi connectivity index (χ3v) is 2.66. The van der Waals surface area contributed by atoms with E-state index in [0.717, 1.165) is 35.6 Å². The number of hydrogen-bond acceptors (Lipinski definition) is 2. The summed E-state index contributed by atoms with van der Waals surface area (Å²) in [6.07, 6.45) is 1.04. The first-order valence-corrected chi connectivity index (χ1v) is 5.62. The second-order valence-corrected chi connectivity index (χ2v) is 3.93. The molecular formula is C13H17N3. The molecule has 0 aliphatic carbocycles. The minimum absolute atomic E-state index is 0.769. The highest BCUT2D eigenvalue weighted by molar-refractivity contribution is 5.76. The van der Waals surface area contributed by atoms with Crippen molar-refractivity contribution in [2.24, 2.45) is 0 Å². The van der Waals surface area contributed by atoms with Crippen LogP contribution in [0.25, 0.3) is 11.1 Å². The van der Waals surface area contributed by atoms with Gasteiger partial charge < -0.3 is 5.73 Å². The standard InChI is InChI=1S/C13H17N3/c1-3-9-16-13(14)12(10(2)15-16)11-7-5-4-6-8-11/h4-8H,3,9,14H2,1-2H3. The topological polar surface area (TPSA) is 43.8 Å². The van der Waals surface area contributed by atoms with Crippen LogP contribution in [-0.2, 0) is 6.54 Å². The molecule has 3 nitrogen and oxygen atoms in total. The zero-order valence-electron chi connectivity index (χ0n) is 9.77. The van der Waals surface area contributed by atoms with E-state index >= 15 is 0 Å². The summed E-state index contributed by atoms with van der Waals surface area (Å²) in [6.45, 7) is 5.00. The fourth-order valence-electron chi connectivity index (χ4n) is 1.94. The van der Waals surface area contributed by atoms with Crippen LogP contribution in [0, 0.1) is 6.92 Å². The second kappa shape index (κ2) is 4.39. The number of nitrogens with zero attached hydrogens (tertiary/aromatic N) is 2. The minimum atomic E-state index is 0.769. The van der Waals surface area contributed by atoms with Crippen molar-refractivity contribution in [3.05, 3.63) is 36.0 Å². The van der Waals surface area contributed by atoms with E-state index in [1.54, 1.807) is 0 Å². The molecule has 0 unspecified atom stereocenters. The van der Waals surface area contributed by atoms with Gasteiger partial charge in [-0.05, 0) is 18.9 Å². The molecule has 84 valence electrons. The number of anilines is 1. The van der Waals surface area contributed by atoms with Crippen molar-refractivity contribution in [3.8, 4) is 11.1 Å². The van der Waals surface area contributed by atoms with E-state index in [2.05, 4.69) is 24.2 Å². The second-order valence-electron chi connectivity index (χ2n) is 3.93. The predicted octanol–water partition coefficient (Wildman–Crippen LogP) is 2.85.